The molecule has 10 aromatic carbocycles. The molecule has 0 atom stereocenters. The molecule has 1 nitrogen and oxygen atoms in total. The molecule has 0 N–H and O–H groups in total. The highest BCUT2D eigenvalue weighted by atomic mass is 32.1. The third kappa shape index (κ3) is 6.05. The fourth-order valence-electron chi connectivity index (χ4n) is 10.3. The Bertz CT molecular complexity index is 3550. The van der Waals surface area contributed by atoms with Crippen LogP contribution in [0.3, 0.4) is 0 Å². The Labute approximate surface area is 372 Å². The standard InChI is InChI=1S/C61H43NS/c1-61(2)54-32-10-6-25-48(54)49-37-36-43(39-55(49)61)45-24-7-11-33-56(45)62(44-23-14-22-42(38-44)47-29-17-31-53-51-27-9-13-35-58(51)63-60(47)53)57-34-12-8-26-50(57)52-30-16-21-41-20-15-28-46(59(41)52)40-18-4-3-5-19-40/h3-39H,1-2H3. The van der Waals surface area contributed by atoms with Crippen LogP contribution in [0.15, 0.2) is 224 Å². The summed E-state index contributed by atoms with van der Waals surface area (Å²) in [6.45, 7) is 4.73. The first kappa shape index (κ1) is 37.3. The van der Waals surface area contributed by atoms with Crippen molar-refractivity contribution in [1.29, 1.82) is 0 Å². The molecule has 0 aliphatic heterocycles. The van der Waals surface area contributed by atoms with Crippen LogP contribution in [0.1, 0.15) is 25.0 Å². The normalized spacial score (nSPS) is 12.7. The molecule has 0 spiro atoms. The van der Waals surface area contributed by atoms with Crippen molar-refractivity contribution in [3.8, 4) is 55.6 Å². The molecular weight excluding hydrogens is 779 g/mol. The van der Waals surface area contributed by atoms with Crippen LogP contribution in [-0.2, 0) is 5.41 Å². The van der Waals surface area contributed by atoms with Crippen molar-refractivity contribution in [1.82, 2.24) is 0 Å². The summed E-state index contributed by atoms with van der Waals surface area (Å²) in [6, 6.07) is 83.0. The number of rotatable bonds is 7. The van der Waals surface area contributed by atoms with Crippen LogP contribution < -0.4 is 4.90 Å². The second kappa shape index (κ2) is 14.8. The third-order valence-corrected chi connectivity index (χ3v) is 14.5. The zero-order chi connectivity index (χ0) is 42.1. The second-order valence-corrected chi connectivity index (χ2v) is 18.3. The summed E-state index contributed by atoms with van der Waals surface area (Å²) < 4.78 is 2.63. The Hall–Kier alpha value is -7.52. The van der Waals surface area contributed by atoms with Gasteiger partial charge in [0.2, 0.25) is 0 Å². The van der Waals surface area contributed by atoms with E-state index >= 15 is 0 Å². The van der Waals surface area contributed by atoms with Gasteiger partial charge in [0.05, 0.1) is 11.4 Å². The summed E-state index contributed by atoms with van der Waals surface area (Å²) in [5.41, 5.74) is 18.3. The van der Waals surface area contributed by atoms with Gasteiger partial charge in [-0.1, -0.05) is 202 Å². The molecule has 0 saturated carbocycles. The molecule has 298 valence electrons. The fraction of sp³-hybridized carbons (Fsp3) is 0.0492. The van der Waals surface area contributed by atoms with Crippen molar-refractivity contribution in [3.05, 3.63) is 236 Å². The van der Waals surface area contributed by atoms with Crippen molar-refractivity contribution >= 4 is 59.3 Å². The van der Waals surface area contributed by atoms with E-state index in [2.05, 4.69) is 243 Å². The maximum atomic E-state index is 2.51. The number of benzene rings is 10. The lowest BCUT2D eigenvalue weighted by molar-refractivity contribution is 0.660. The highest BCUT2D eigenvalue weighted by Gasteiger charge is 2.35. The summed E-state index contributed by atoms with van der Waals surface area (Å²) >= 11 is 1.88. The average molecular weight is 822 g/mol. The Kier molecular flexibility index (Phi) is 8.77. The molecule has 0 amide bonds. The van der Waals surface area contributed by atoms with Gasteiger partial charge in [-0.2, -0.15) is 0 Å². The minimum absolute atomic E-state index is 0.115. The zero-order valence-electron chi connectivity index (χ0n) is 35.2. The Morgan fingerprint density at radius 1 is 0.365 bits per heavy atom. The van der Waals surface area contributed by atoms with Gasteiger partial charge in [0.25, 0.3) is 0 Å². The first-order valence-electron chi connectivity index (χ1n) is 21.8. The summed E-state index contributed by atoms with van der Waals surface area (Å²) in [7, 11) is 0. The molecule has 1 aromatic heterocycles. The molecule has 2 heteroatoms. The van der Waals surface area contributed by atoms with Crippen LogP contribution in [-0.4, -0.2) is 0 Å². The van der Waals surface area contributed by atoms with Gasteiger partial charge in [-0.05, 0) is 103 Å². The lowest BCUT2D eigenvalue weighted by Gasteiger charge is -2.31. The van der Waals surface area contributed by atoms with E-state index in [1.165, 1.54) is 97.7 Å². The predicted molar refractivity (Wildman–Crippen MR) is 271 cm³/mol. The van der Waals surface area contributed by atoms with Crippen LogP contribution in [0, 0.1) is 0 Å². The summed E-state index contributed by atoms with van der Waals surface area (Å²) in [4.78, 5) is 2.51. The van der Waals surface area contributed by atoms with E-state index in [1.807, 2.05) is 11.3 Å². The average Bonchev–Trinajstić information content (AvgIpc) is 3.83. The Morgan fingerprint density at radius 2 is 0.937 bits per heavy atom. The van der Waals surface area contributed by atoms with Gasteiger partial charge >= 0.3 is 0 Å². The highest BCUT2D eigenvalue weighted by molar-refractivity contribution is 7.26. The number of fused-ring (bicyclic) bond motifs is 7. The second-order valence-electron chi connectivity index (χ2n) is 17.2. The van der Waals surface area contributed by atoms with Crippen molar-refractivity contribution in [3.63, 3.8) is 0 Å². The maximum Gasteiger partial charge on any atom is 0.0540 e. The van der Waals surface area contributed by atoms with E-state index < -0.39 is 0 Å². The summed E-state index contributed by atoms with van der Waals surface area (Å²) in [5.74, 6) is 0. The maximum absolute atomic E-state index is 2.51. The number of anilines is 3. The molecule has 63 heavy (non-hydrogen) atoms. The Balaban J connectivity index is 1.10. The number of thiophene rings is 1. The van der Waals surface area contributed by atoms with Gasteiger partial charge in [0, 0.05) is 42.4 Å². The van der Waals surface area contributed by atoms with Crippen LogP contribution in [0.4, 0.5) is 17.1 Å². The van der Waals surface area contributed by atoms with Gasteiger partial charge in [-0.25, -0.2) is 0 Å². The number of nitrogens with zero attached hydrogens (tertiary/aromatic N) is 1. The van der Waals surface area contributed by atoms with Gasteiger partial charge in [-0.3, -0.25) is 0 Å². The van der Waals surface area contributed by atoms with E-state index in [0.29, 0.717) is 0 Å². The molecular formula is C61H43NS. The van der Waals surface area contributed by atoms with E-state index in [4.69, 9.17) is 0 Å². The largest absolute Gasteiger partial charge is 0.309 e. The smallest absolute Gasteiger partial charge is 0.0540 e. The van der Waals surface area contributed by atoms with E-state index in [9.17, 15) is 0 Å². The van der Waals surface area contributed by atoms with E-state index in [0.717, 1.165) is 17.1 Å². The molecule has 1 aliphatic rings. The van der Waals surface area contributed by atoms with Crippen LogP contribution in [0.25, 0.3) is 86.6 Å². The molecule has 0 saturated heterocycles. The lowest BCUT2D eigenvalue weighted by Crippen LogP contribution is -2.15. The monoisotopic (exact) mass is 821 g/mol. The molecule has 11 aromatic rings. The fourth-order valence-corrected chi connectivity index (χ4v) is 11.5. The van der Waals surface area contributed by atoms with Gasteiger partial charge in [-0.15, -0.1) is 11.3 Å². The van der Waals surface area contributed by atoms with Crippen LogP contribution in [0.2, 0.25) is 0 Å². The molecule has 12 rings (SSSR count). The van der Waals surface area contributed by atoms with Gasteiger partial charge < -0.3 is 4.90 Å². The van der Waals surface area contributed by atoms with Crippen molar-refractivity contribution < 1.29 is 0 Å². The predicted octanol–water partition coefficient (Wildman–Crippen LogP) is 17.7. The quantitative estimate of drug-likeness (QED) is 0.155. The van der Waals surface area contributed by atoms with Gasteiger partial charge in [0.15, 0.2) is 0 Å². The molecule has 0 bridgehead atoms. The zero-order valence-corrected chi connectivity index (χ0v) is 36.0. The SMILES string of the molecule is CC1(C)c2ccccc2-c2ccc(-c3ccccc3N(c3cccc(-c4cccc5c4sc4ccccc45)c3)c3ccccc3-c3cccc4cccc(-c5ccccc5)c34)cc21. The van der Waals surface area contributed by atoms with E-state index in [1.54, 1.807) is 0 Å². The molecule has 1 aliphatic carbocycles. The van der Waals surface area contributed by atoms with Crippen molar-refractivity contribution in [2.75, 3.05) is 4.90 Å². The first-order valence-corrected chi connectivity index (χ1v) is 22.7. The number of hydrogen-bond donors (Lipinski definition) is 0. The molecule has 0 radical (unpaired) electrons. The van der Waals surface area contributed by atoms with Crippen molar-refractivity contribution in [2.24, 2.45) is 0 Å². The van der Waals surface area contributed by atoms with Crippen molar-refractivity contribution in [2.45, 2.75) is 19.3 Å². The van der Waals surface area contributed by atoms with Crippen LogP contribution in [0.5, 0.6) is 0 Å². The van der Waals surface area contributed by atoms with Crippen LogP contribution >= 0.6 is 11.3 Å². The number of hydrogen-bond acceptors (Lipinski definition) is 2. The summed E-state index contributed by atoms with van der Waals surface area (Å²) in [5, 5.41) is 5.08. The van der Waals surface area contributed by atoms with E-state index in [-0.39, 0.29) is 5.41 Å². The van der Waals surface area contributed by atoms with Gasteiger partial charge in [0.1, 0.15) is 0 Å². The number of para-hydroxylation sites is 2. The molecule has 1 heterocycles. The first-order chi connectivity index (χ1) is 31.0. The minimum Gasteiger partial charge on any atom is -0.309 e. The molecule has 0 fully saturated rings. The highest BCUT2D eigenvalue weighted by Crippen LogP contribution is 2.52. The topological polar surface area (TPSA) is 3.24 Å². The lowest BCUT2D eigenvalue weighted by atomic mass is 9.81. The third-order valence-electron chi connectivity index (χ3n) is 13.3. The molecule has 0 unspecified atom stereocenters. The minimum atomic E-state index is -0.115. The summed E-state index contributed by atoms with van der Waals surface area (Å²) in [6.07, 6.45) is 0. The Morgan fingerprint density at radius 3 is 1.78 bits per heavy atom.